The highest BCUT2D eigenvalue weighted by Gasteiger charge is 2.07. The van der Waals surface area contributed by atoms with Crippen LogP contribution in [0.4, 0.5) is 0 Å². The summed E-state index contributed by atoms with van der Waals surface area (Å²) in [5.74, 6) is 0.679. The van der Waals surface area contributed by atoms with Gasteiger partial charge in [-0.1, -0.05) is 6.92 Å². The molecule has 0 spiro atoms. The fourth-order valence-electron chi connectivity index (χ4n) is 1.49. The predicted octanol–water partition coefficient (Wildman–Crippen LogP) is 1.23. The number of nitrogens with zero attached hydrogens (tertiary/aromatic N) is 2. The van der Waals surface area contributed by atoms with Crippen LogP contribution < -0.4 is 5.56 Å². The highest BCUT2D eigenvalue weighted by molar-refractivity contribution is 5.78. The summed E-state index contributed by atoms with van der Waals surface area (Å²) in [7, 11) is 0. The van der Waals surface area contributed by atoms with Gasteiger partial charge in [-0.05, 0) is 20.3 Å². The zero-order valence-electron chi connectivity index (χ0n) is 9.41. The number of ketones is 1. The molecule has 0 unspecified atom stereocenters. The van der Waals surface area contributed by atoms with Gasteiger partial charge in [0.2, 0.25) is 0 Å². The first kappa shape index (κ1) is 11.6. The molecule has 0 saturated carbocycles. The first-order valence-corrected chi connectivity index (χ1v) is 5.11. The van der Waals surface area contributed by atoms with E-state index in [-0.39, 0.29) is 17.9 Å². The molecule has 1 heterocycles. The lowest BCUT2D eigenvalue weighted by Gasteiger charge is -2.08. The van der Waals surface area contributed by atoms with E-state index in [4.69, 9.17) is 0 Å². The van der Waals surface area contributed by atoms with E-state index in [0.29, 0.717) is 17.9 Å². The van der Waals surface area contributed by atoms with E-state index >= 15 is 0 Å². The number of Topliss-reactive ketones (excluding diaryl/α,β-unsaturated/α-hetero) is 1. The summed E-state index contributed by atoms with van der Waals surface area (Å²) in [4.78, 5) is 27.1. The number of aromatic nitrogens is 2. The Labute approximate surface area is 89.0 Å². The number of hydrogen-bond donors (Lipinski definition) is 0. The van der Waals surface area contributed by atoms with Gasteiger partial charge in [-0.15, -0.1) is 0 Å². The molecule has 0 aliphatic heterocycles. The van der Waals surface area contributed by atoms with Crippen molar-refractivity contribution >= 4 is 5.78 Å². The van der Waals surface area contributed by atoms with Gasteiger partial charge in [-0.3, -0.25) is 14.2 Å². The topological polar surface area (TPSA) is 52.0 Å². The third kappa shape index (κ3) is 3.01. The Morgan fingerprint density at radius 3 is 2.67 bits per heavy atom. The van der Waals surface area contributed by atoms with Crippen LogP contribution in [-0.4, -0.2) is 15.3 Å². The maximum absolute atomic E-state index is 11.6. The summed E-state index contributed by atoms with van der Waals surface area (Å²) in [6.45, 7) is 5.60. The molecule has 0 bridgehead atoms. The molecule has 0 fully saturated rings. The van der Waals surface area contributed by atoms with Gasteiger partial charge in [0.15, 0.2) is 5.78 Å². The molecular weight excluding hydrogens is 192 g/mol. The van der Waals surface area contributed by atoms with Crippen molar-refractivity contribution in [2.24, 2.45) is 0 Å². The molecule has 0 atom stereocenters. The van der Waals surface area contributed by atoms with Crippen molar-refractivity contribution < 1.29 is 4.79 Å². The first-order chi connectivity index (χ1) is 7.04. The van der Waals surface area contributed by atoms with Gasteiger partial charge >= 0.3 is 0 Å². The number of hydrogen-bond acceptors (Lipinski definition) is 3. The molecule has 0 radical (unpaired) electrons. The van der Waals surface area contributed by atoms with Crippen molar-refractivity contribution in [2.75, 3.05) is 0 Å². The monoisotopic (exact) mass is 208 g/mol. The fourth-order valence-corrected chi connectivity index (χ4v) is 1.49. The minimum atomic E-state index is -0.149. The minimum Gasteiger partial charge on any atom is -0.298 e. The first-order valence-electron chi connectivity index (χ1n) is 5.11. The Kier molecular flexibility index (Phi) is 3.77. The minimum absolute atomic E-state index is 0.0772. The van der Waals surface area contributed by atoms with Crippen LogP contribution in [0.2, 0.25) is 0 Å². The molecule has 82 valence electrons. The van der Waals surface area contributed by atoms with Gasteiger partial charge in [0.05, 0.1) is 6.54 Å². The normalized spacial score (nSPS) is 10.3. The molecule has 0 aromatic carbocycles. The van der Waals surface area contributed by atoms with E-state index in [1.54, 1.807) is 13.8 Å². The van der Waals surface area contributed by atoms with E-state index in [1.165, 1.54) is 10.6 Å². The SMILES string of the molecule is CCCC(=O)Cn1c(C)nc(C)cc1=O. The molecule has 1 aromatic heterocycles. The number of aryl methyl sites for hydroxylation is 2. The molecule has 0 aliphatic rings. The van der Waals surface area contributed by atoms with Crippen LogP contribution in [0.5, 0.6) is 0 Å². The van der Waals surface area contributed by atoms with E-state index in [0.717, 1.165) is 6.42 Å². The van der Waals surface area contributed by atoms with Crippen LogP contribution >= 0.6 is 0 Å². The van der Waals surface area contributed by atoms with Gasteiger partial charge in [0, 0.05) is 18.2 Å². The van der Waals surface area contributed by atoms with Gasteiger partial charge in [0.25, 0.3) is 5.56 Å². The molecule has 1 rings (SSSR count). The van der Waals surface area contributed by atoms with Crippen molar-refractivity contribution in [2.45, 2.75) is 40.2 Å². The summed E-state index contributed by atoms with van der Waals surface area (Å²) in [5.41, 5.74) is 0.543. The van der Waals surface area contributed by atoms with Crippen molar-refractivity contribution in [1.29, 1.82) is 0 Å². The van der Waals surface area contributed by atoms with Gasteiger partial charge in [-0.2, -0.15) is 0 Å². The molecular formula is C11H16N2O2. The standard InChI is InChI=1S/C11H16N2O2/c1-4-5-10(14)7-13-9(3)12-8(2)6-11(13)15/h6H,4-5,7H2,1-3H3. The quantitative estimate of drug-likeness (QED) is 0.747. The Balaban J connectivity index is 2.95. The van der Waals surface area contributed by atoms with Crippen molar-refractivity contribution in [3.05, 3.63) is 27.9 Å². The maximum atomic E-state index is 11.6. The molecule has 15 heavy (non-hydrogen) atoms. The number of carbonyl (C=O) groups is 1. The van der Waals surface area contributed by atoms with Crippen molar-refractivity contribution in [1.82, 2.24) is 9.55 Å². The second-order valence-electron chi connectivity index (χ2n) is 3.66. The zero-order chi connectivity index (χ0) is 11.4. The number of rotatable bonds is 4. The fraction of sp³-hybridized carbons (Fsp3) is 0.545. The van der Waals surface area contributed by atoms with Crippen LogP contribution in [-0.2, 0) is 11.3 Å². The molecule has 4 heteroatoms. The average molecular weight is 208 g/mol. The lowest BCUT2D eigenvalue weighted by atomic mass is 10.2. The van der Waals surface area contributed by atoms with E-state index in [9.17, 15) is 9.59 Å². The van der Waals surface area contributed by atoms with E-state index in [2.05, 4.69) is 4.98 Å². The smallest absolute Gasteiger partial charge is 0.254 e. The average Bonchev–Trinajstić information content (AvgIpc) is 2.11. The second-order valence-corrected chi connectivity index (χ2v) is 3.66. The van der Waals surface area contributed by atoms with Gasteiger partial charge in [-0.25, -0.2) is 4.98 Å². The van der Waals surface area contributed by atoms with Crippen LogP contribution in [0.25, 0.3) is 0 Å². The zero-order valence-corrected chi connectivity index (χ0v) is 9.41. The van der Waals surface area contributed by atoms with Crippen LogP contribution in [0.1, 0.15) is 31.3 Å². The lowest BCUT2D eigenvalue weighted by Crippen LogP contribution is -2.27. The summed E-state index contributed by atoms with van der Waals surface area (Å²) >= 11 is 0. The summed E-state index contributed by atoms with van der Waals surface area (Å²) in [6, 6.07) is 1.45. The van der Waals surface area contributed by atoms with Crippen LogP contribution in [0, 0.1) is 13.8 Å². The van der Waals surface area contributed by atoms with Crippen LogP contribution in [0.15, 0.2) is 10.9 Å². The Morgan fingerprint density at radius 2 is 2.13 bits per heavy atom. The molecule has 0 N–H and O–H groups in total. The van der Waals surface area contributed by atoms with Crippen molar-refractivity contribution in [3.8, 4) is 0 Å². The maximum Gasteiger partial charge on any atom is 0.254 e. The summed E-state index contributed by atoms with van der Waals surface area (Å²) in [5, 5.41) is 0. The van der Waals surface area contributed by atoms with Gasteiger partial charge < -0.3 is 0 Å². The van der Waals surface area contributed by atoms with Crippen LogP contribution in [0.3, 0.4) is 0 Å². The molecule has 4 nitrogen and oxygen atoms in total. The lowest BCUT2D eigenvalue weighted by molar-refractivity contribution is -0.119. The van der Waals surface area contributed by atoms with E-state index in [1.807, 2.05) is 6.92 Å². The second kappa shape index (κ2) is 4.87. The summed E-state index contributed by atoms with van der Waals surface area (Å²) in [6.07, 6.45) is 1.33. The Hall–Kier alpha value is -1.45. The largest absolute Gasteiger partial charge is 0.298 e. The number of carbonyl (C=O) groups excluding carboxylic acids is 1. The molecule has 0 saturated heterocycles. The van der Waals surface area contributed by atoms with E-state index < -0.39 is 0 Å². The predicted molar refractivity (Wildman–Crippen MR) is 57.9 cm³/mol. The third-order valence-corrected chi connectivity index (χ3v) is 2.19. The highest BCUT2D eigenvalue weighted by atomic mass is 16.1. The molecule has 0 amide bonds. The van der Waals surface area contributed by atoms with Gasteiger partial charge in [0.1, 0.15) is 5.82 Å². The van der Waals surface area contributed by atoms with Crippen molar-refractivity contribution in [3.63, 3.8) is 0 Å². The Bertz CT molecular complexity index is 421. The molecule has 0 aliphatic carbocycles. The Morgan fingerprint density at radius 1 is 1.47 bits per heavy atom. The molecule has 1 aromatic rings. The summed E-state index contributed by atoms with van der Waals surface area (Å²) < 4.78 is 1.42. The third-order valence-electron chi connectivity index (χ3n) is 2.19. The highest BCUT2D eigenvalue weighted by Crippen LogP contribution is 1.97.